The van der Waals surface area contributed by atoms with Crippen LogP contribution in [0.5, 0.6) is 0 Å². The molecule has 1 aromatic carbocycles. The number of carbonyl (C=O) groups excluding carboxylic acids is 1. The number of benzene rings is 1. The summed E-state index contributed by atoms with van der Waals surface area (Å²) in [5.74, 6) is -0.00343. The van der Waals surface area contributed by atoms with E-state index in [1.807, 2.05) is 11.8 Å². The maximum absolute atomic E-state index is 12.8. The number of halogens is 2. The third-order valence-electron chi connectivity index (χ3n) is 4.67. The molecule has 114 valence electrons. The second-order valence-corrected chi connectivity index (χ2v) is 6.74. The molecule has 1 N–H and O–H groups in total. The Morgan fingerprint density at radius 3 is 2.57 bits per heavy atom. The minimum atomic E-state index is -0.00343. The molecule has 0 aliphatic carbocycles. The van der Waals surface area contributed by atoms with Gasteiger partial charge in [-0.15, -0.1) is 0 Å². The van der Waals surface area contributed by atoms with Crippen LogP contribution in [0.1, 0.15) is 43.0 Å². The van der Waals surface area contributed by atoms with E-state index in [1.165, 1.54) is 12.8 Å². The number of nitrogens with zero attached hydrogens (tertiary/aromatic N) is 1. The van der Waals surface area contributed by atoms with Crippen molar-refractivity contribution in [1.82, 2.24) is 10.2 Å². The van der Waals surface area contributed by atoms with Gasteiger partial charge in [-0.1, -0.05) is 29.3 Å². The lowest BCUT2D eigenvalue weighted by Gasteiger charge is -2.37. The predicted molar refractivity (Wildman–Crippen MR) is 86.1 cm³/mol. The molecule has 0 spiro atoms. The van der Waals surface area contributed by atoms with Crippen molar-refractivity contribution >= 4 is 29.1 Å². The number of piperidine rings is 1. The molecule has 3 rings (SSSR count). The van der Waals surface area contributed by atoms with Crippen LogP contribution in [0.2, 0.25) is 10.0 Å². The molecule has 2 bridgehead atoms. The summed E-state index contributed by atoms with van der Waals surface area (Å²) >= 11 is 12.2. The molecule has 2 fully saturated rings. The smallest absolute Gasteiger partial charge is 0.255 e. The SMILES string of the molecule is CCN(C(=O)c1cccc(Cl)c1Cl)C1CC2CCC(C1)N2. The zero-order valence-electron chi connectivity index (χ0n) is 12.1. The summed E-state index contributed by atoms with van der Waals surface area (Å²) in [5, 5.41) is 4.41. The van der Waals surface area contributed by atoms with E-state index in [0.29, 0.717) is 40.3 Å². The molecule has 2 saturated heterocycles. The molecule has 1 aromatic rings. The first-order valence-corrected chi connectivity index (χ1v) is 8.36. The van der Waals surface area contributed by atoms with E-state index in [0.717, 1.165) is 12.8 Å². The molecular weight excluding hydrogens is 307 g/mol. The second kappa shape index (κ2) is 6.15. The molecule has 0 radical (unpaired) electrons. The van der Waals surface area contributed by atoms with Gasteiger partial charge in [0.2, 0.25) is 0 Å². The molecule has 1 amide bonds. The molecule has 2 aliphatic rings. The average Bonchev–Trinajstić information content (AvgIpc) is 2.81. The third-order valence-corrected chi connectivity index (χ3v) is 5.49. The van der Waals surface area contributed by atoms with Crippen LogP contribution in [-0.2, 0) is 0 Å². The van der Waals surface area contributed by atoms with Gasteiger partial charge in [0.15, 0.2) is 0 Å². The van der Waals surface area contributed by atoms with E-state index in [9.17, 15) is 4.79 Å². The fourth-order valence-electron chi connectivity index (χ4n) is 3.67. The summed E-state index contributed by atoms with van der Waals surface area (Å²) in [6, 6.07) is 6.67. The molecular formula is C16H20Cl2N2O. The van der Waals surface area contributed by atoms with Crippen LogP contribution < -0.4 is 5.32 Å². The summed E-state index contributed by atoms with van der Waals surface area (Å²) < 4.78 is 0. The van der Waals surface area contributed by atoms with Crippen molar-refractivity contribution < 1.29 is 4.79 Å². The Morgan fingerprint density at radius 2 is 1.95 bits per heavy atom. The highest BCUT2D eigenvalue weighted by molar-refractivity contribution is 6.43. The highest BCUT2D eigenvalue weighted by Crippen LogP contribution is 2.32. The van der Waals surface area contributed by atoms with Crippen LogP contribution in [0.4, 0.5) is 0 Å². The molecule has 5 heteroatoms. The number of fused-ring (bicyclic) bond motifs is 2. The fraction of sp³-hybridized carbons (Fsp3) is 0.562. The van der Waals surface area contributed by atoms with Crippen molar-refractivity contribution in [3.05, 3.63) is 33.8 Å². The number of nitrogens with one attached hydrogen (secondary N) is 1. The van der Waals surface area contributed by atoms with Gasteiger partial charge >= 0.3 is 0 Å². The molecule has 0 aromatic heterocycles. The Hall–Kier alpha value is -0.770. The quantitative estimate of drug-likeness (QED) is 0.917. The van der Waals surface area contributed by atoms with Crippen molar-refractivity contribution in [1.29, 1.82) is 0 Å². The monoisotopic (exact) mass is 326 g/mol. The van der Waals surface area contributed by atoms with E-state index in [1.54, 1.807) is 18.2 Å². The first kappa shape index (κ1) is 15.1. The summed E-state index contributed by atoms with van der Waals surface area (Å²) in [4.78, 5) is 14.8. The highest BCUT2D eigenvalue weighted by atomic mass is 35.5. The first-order chi connectivity index (χ1) is 10.1. The van der Waals surface area contributed by atoms with Gasteiger partial charge in [0, 0.05) is 24.7 Å². The largest absolute Gasteiger partial charge is 0.336 e. The van der Waals surface area contributed by atoms with E-state index in [2.05, 4.69) is 5.32 Å². The van der Waals surface area contributed by atoms with Crippen LogP contribution >= 0.6 is 23.2 Å². The van der Waals surface area contributed by atoms with Crippen molar-refractivity contribution in [2.45, 2.75) is 50.7 Å². The van der Waals surface area contributed by atoms with Gasteiger partial charge in [0.25, 0.3) is 5.91 Å². The van der Waals surface area contributed by atoms with Crippen molar-refractivity contribution in [3.63, 3.8) is 0 Å². The zero-order chi connectivity index (χ0) is 15.0. The number of hydrogen-bond donors (Lipinski definition) is 1. The molecule has 3 nitrogen and oxygen atoms in total. The lowest BCUT2D eigenvalue weighted by atomic mass is 9.97. The van der Waals surface area contributed by atoms with Gasteiger partial charge in [-0.25, -0.2) is 0 Å². The molecule has 2 atom stereocenters. The highest BCUT2D eigenvalue weighted by Gasteiger charge is 2.37. The summed E-state index contributed by atoms with van der Waals surface area (Å²) in [6.45, 7) is 2.73. The van der Waals surface area contributed by atoms with E-state index >= 15 is 0 Å². The van der Waals surface area contributed by atoms with E-state index in [-0.39, 0.29) is 5.91 Å². The Bertz CT molecular complexity index is 537. The minimum absolute atomic E-state index is 0.00343. The normalized spacial score (nSPS) is 27.7. The lowest BCUT2D eigenvalue weighted by molar-refractivity contribution is 0.0631. The van der Waals surface area contributed by atoms with E-state index < -0.39 is 0 Å². The van der Waals surface area contributed by atoms with Crippen LogP contribution in [0.25, 0.3) is 0 Å². The van der Waals surface area contributed by atoms with Gasteiger partial charge in [0.1, 0.15) is 0 Å². The summed E-state index contributed by atoms with van der Waals surface area (Å²) in [5.41, 5.74) is 0.511. The fourth-order valence-corrected chi connectivity index (χ4v) is 4.05. The lowest BCUT2D eigenvalue weighted by Crippen LogP contribution is -2.50. The number of rotatable bonds is 3. The molecule has 21 heavy (non-hydrogen) atoms. The maximum atomic E-state index is 12.8. The van der Waals surface area contributed by atoms with Crippen molar-refractivity contribution in [2.75, 3.05) is 6.54 Å². The Morgan fingerprint density at radius 1 is 1.29 bits per heavy atom. The van der Waals surface area contributed by atoms with Gasteiger partial charge < -0.3 is 10.2 Å². The van der Waals surface area contributed by atoms with Crippen molar-refractivity contribution in [2.24, 2.45) is 0 Å². The molecule has 2 heterocycles. The number of hydrogen-bond acceptors (Lipinski definition) is 2. The third kappa shape index (κ3) is 2.92. The van der Waals surface area contributed by atoms with E-state index in [4.69, 9.17) is 23.2 Å². The van der Waals surface area contributed by atoms with Gasteiger partial charge in [0.05, 0.1) is 15.6 Å². The van der Waals surface area contributed by atoms with Crippen LogP contribution in [0.3, 0.4) is 0 Å². The number of amides is 1. The molecule has 0 saturated carbocycles. The summed E-state index contributed by atoms with van der Waals surface area (Å²) in [7, 11) is 0. The minimum Gasteiger partial charge on any atom is -0.336 e. The average molecular weight is 327 g/mol. The first-order valence-electron chi connectivity index (χ1n) is 7.61. The summed E-state index contributed by atoms with van der Waals surface area (Å²) in [6.07, 6.45) is 4.53. The van der Waals surface area contributed by atoms with Gasteiger partial charge in [-0.2, -0.15) is 0 Å². The molecule has 2 unspecified atom stereocenters. The van der Waals surface area contributed by atoms with Crippen LogP contribution in [0.15, 0.2) is 18.2 Å². The topological polar surface area (TPSA) is 32.3 Å². The zero-order valence-corrected chi connectivity index (χ0v) is 13.6. The Balaban J connectivity index is 1.82. The predicted octanol–water partition coefficient (Wildman–Crippen LogP) is 3.74. The van der Waals surface area contributed by atoms with Crippen LogP contribution in [0, 0.1) is 0 Å². The standard InChI is InChI=1S/C16H20Cl2N2O/c1-2-20(12-8-10-6-7-11(9-12)19-10)16(21)13-4-3-5-14(17)15(13)18/h3-5,10-12,19H,2,6-9H2,1H3. The van der Waals surface area contributed by atoms with Crippen LogP contribution in [-0.4, -0.2) is 35.5 Å². The molecule has 2 aliphatic heterocycles. The second-order valence-electron chi connectivity index (χ2n) is 5.96. The van der Waals surface area contributed by atoms with Gasteiger partial charge in [-0.05, 0) is 44.7 Å². The Labute approximate surface area is 135 Å². The van der Waals surface area contributed by atoms with Gasteiger partial charge in [-0.3, -0.25) is 4.79 Å². The maximum Gasteiger partial charge on any atom is 0.255 e. The van der Waals surface area contributed by atoms with Crippen molar-refractivity contribution in [3.8, 4) is 0 Å². The number of carbonyl (C=O) groups is 1. The Kier molecular flexibility index (Phi) is 4.43.